The molecule has 1 aliphatic carbocycles. The Hall–Kier alpha value is -2.25. The summed E-state index contributed by atoms with van der Waals surface area (Å²) in [7, 11) is 0. The van der Waals surface area contributed by atoms with Crippen molar-refractivity contribution in [2.75, 3.05) is 19.0 Å². The van der Waals surface area contributed by atoms with Crippen molar-refractivity contribution in [3.63, 3.8) is 0 Å². The van der Waals surface area contributed by atoms with Crippen LogP contribution in [0, 0.1) is 0 Å². The number of benzene rings is 1. The van der Waals surface area contributed by atoms with E-state index in [2.05, 4.69) is 6.58 Å². The minimum Gasteiger partial charge on any atom is -0.494 e. The quantitative estimate of drug-likeness (QED) is 0.200. The van der Waals surface area contributed by atoms with Crippen molar-refractivity contribution in [2.24, 2.45) is 0 Å². The second-order valence-electron chi connectivity index (χ2n) is 7.09. The highest BCUT2D eigenvalue weighted by atomic mass is 32.2. The lowest BCUT2D eigenvalue weighted by Crippen LogP contribution is -2.23. The number of hydrogen-bond acceptors (Lipinski definition) is 6. The first-order valence-electron chi connectivity index (χ1n) is 10.4. The predicted octanol–water partition coefficient (Wildman–Crippen LogP) is 5.09. The van der Waals surface area contributed by atoms with Crippen molar-refractivity contribution in [3.8, 4) is 11.5 Å². The molecule has 1 aromatic carbocycles. The Morgan fingerprint density at radius 3 is 2.67 bits per heavy atom. The summed E-state index contributed by atoms with van der Waals surface area (Å²) in [6.07, 6.45) is 6.16. The van der Waals surface area contributed by atoms with Crippen LogP contribution in [-0.4, -0.2) is 28.5 Å². The van der Waals surface area contributed by atoms with Crippen LogP contribution in [0.25, 0.3) is 10.2 Å². The van der Waals surface area contributed by atoms with Crippen LogP contribution >= 0.6 is 23.1 Å². The van der Waals surface area contributed by atoms with Gasteiger partial charge in [-0.3, -0.25) is 9.36 Å². The van der Waals surface area contributed by atoms with E-state index in [-0.39, 0.29) is 5.56 Å². The third-order valence-corrected chi connectivity index (χ3v) is 7.20. The fourth-order valence-corrected chi connectivity index (χ4v) is 5.84. The maximum absolute atomic E-state index is 13.2. The third kappa shape index (κ3) is 4.42. The maximum atomic E-state index is 13.2. The molecular weight excluding hydrogens is 416 g/mol. The summed E-state index contributed by atoms with van der Waals surface area (Å²) in [6, 6.07) is 7.62. The highest BCUT2D eigenvalue weighted by molar-refractivity contribution is 7.99. The van der Waals surface area contributed by atoms with E-state index in [1.165, 1.54) is 16.9 Å². The molecule has 0 saturated carbocycles. The monoisotopic (exact) mass is 442 g/mol. The van der Waals surface area contributed by atoms with Gasteiger partial charge in [0.2, 0.25) is 0 Å². The zero-order valence-electron chi connectivity index (χ0n) is 17.2. The second-order valence-corrected chi connectivity index (χ2v) is 9.24. The summed E-state index contributed by atoms with van der Waals surface area (Å²) in [6.45, 7) is 7.43. The van der Waals surface area contributed by atoms with Crippen LogP contribution in [0.3, 0.4) is 0 Å². The molecule has 0 atom stereocenters. The number of rotatable bonds is 9. The zero-order chi connectivity index (χ0) is 20.9. The molecule has 0 N–H and O–H groups in total. The van der Waals surface area contributed by atoms with E-state index < -0.39 is 0 Å². The van der Waals surface area contributed by atoms with Crippen molar-refractivity contribution in [3.05, 3.63) is 57.7 Å². The lowest BCUT2D eigenvalue weighted by Gasteiger charge is -2.12. The number of thiophene rings is 1. The Bertz CT molecular complexity index is 1090. The van der Waals surface area contributed by atoms with Gasteiger partial charge in [-0.15, -0.1) is 17.9 Å². The summed E-state index contributed by atoms with van der Waals surface area (Å²) in [5.74, 6) is 2.34. The molecule has 0 bridgehead atoms. The molecule has 3 aromatic rings. The van der Waals surface area contributed by atoms with Crippen molar-refractivity contribution >= 4 is 33.3 Å². The molecule has 5 nitrogen and oxygen atoms in total. The van der Waals surface area contributed by atoms with Gasteiger partial charge in [-0.25, -0.2) is 4.98 Å². The molecule has 2 aromatic heterocycles. The predicted molar refractivity (Wildman–Crippen MR) is 125 cm³/mol. The first kappa shape index (κ1) is 21.0. The Labute approximate surface area is 184 Å². The van der Waals surface area contributed by atoms with Crippen molar-refractivity contribution < 1.29 is 9.47 Å². The van der Waals surface area contributed by atoms with Gasteiger partial charge in [-0.2, -0.15) is 0 Å². The minimum atomic E-state index is 0.0641. The average molecular weight is 443 g/mol. The Morgan fingerprint density at radius 1 is 1.20 bits per heavy atom. The van der Waals surface area contributed by atoms with Crippen LogP contribution < -0.4 is 15.0 Å². The Kier molecular flexibility index (Phi) is 6.79. The van der Waals surface area contributed by atoms with Crippen LogP contribution in [0.15, 0.2) is 46.9 Å². The smallest absolute Gasteiger partial charge is 0.263 e. The molecule has 1 aliphatic rings. The van der Waals surface area contributed by atoms with Crippen molar-refractivity contribution in [1.29, 1.82) is 0 Å². The SMILES string of the molecule is C=CCn1c(SCCOc2ccc(OCC)cc2)nc2sc3c(c2c1=O)CCCC3. The van der Waals surface area contributed by atoms with E-state index >= 15 is 0 Å². The molecule has 0 unspecified atom stereocenters. The number of aryl methyl sites for hydroxylation is 2. The first-order chi connectivity index (χ1) is 14.7. The molecule has 0 fully saturated rings. The standard InChI is InChI=1S/C23H26N2O3S2/c1-3-13-25-22(26)20-18-7-5-6-8-19(18)30-21(20)24-23(25)29-15-14-28-17-11-9-16(10-12-17)27-4-2/h3,9-12H,1,4-8,13-15H2,2H3. The lowest BCUT2D eigenvalue weighted by atomic mass is 9.97. The summed E-state index contributed by atoms with van der Waals surface area (Å²) in [5.41, 5.74) is 1.29. The van der Waals surface area contributed by atoms with Crippen LogP contribution in [0.2, 0.25) is 0 Å². The largest absolute Gasteiger partial charge is 0.494 e. The zero-order valence-corrected chi connectivity index (χ0v) is 18.8. The number of ether oxygens (including phenoxy) is 2. The lowest BCUT2D eigenvalue weighted by molar-refractivity contribution is 0.332. The van der Waals surface area contributed by atoms with Gasteiger partial charge in [-0.1, -0.05) is 17.8 Å². The Morgan fingerprint density at radius 2 is 1.93 bits per heavy atom. The van der Waals surface area contributed by atoms with Crippen LogP contribution in [-0.2, 0) is 19.4 Å². The number of nitrogens with zero attached hydrogens (tertiary/aromatic N) is 2. The van der Waals surface area contributed by atoms with Crippen LogP contribution in [0.1, 0.15) is 30.2 Å². The van der Waals surface area contributed by atoms with Gasteiger partial charge in [0.25, 0.3) is 5.56 Å². The number of hydrogen-bond donors (Lipinski definition) is 0. The van der Waals surface area contributed by atoms with Gasteiger partial charge in [0, 0.05) is 17.2 Å². The third-order valence-electron chi connectivity index (χ3n) is 5.07. The van der Waals surface area contributed by atoms with E-state index in [1.54, 1.807) is 33.7 Å². The fourth-order valence-electron chi connectivity index (χ4n) is 3.71. The minimum absolute atomic E-state index is 0.0641. The van der Waals surface area contributed by atoms with Crippen LogP contribution in [0.5, 0.6) is 11.5 Å². The van der Waals surface area contributed by atoms with Crippen LogP contribution in [0.4, 0.5) is 0 Å². The van der Waals surface area contributed by atoms with E-state index in [0.29, 0.717) is 25.5 Å². The molecule has 0 radical (unpaired) electrons. The molecule has 0 saturated heterocycles. The number of allylic oxidation sites excluding steroid dienone is 1. The summed E-state index contributed by atoms with van der Waals surface area (Å²) in [4.78, 5) is 20.3. The molecule has 4 rings (SSSR count). The normalized spacial score (nSPS) is 13.2. The van der Waals surface area contributed by atoms with Gasteiger partial charge < -0.3 is 9.47 Å². The molecule has 0 spiro atoms. The molecule has 0 amide bonds. The van der Waals surface area contributed by atoms with Gasteiger partial charge >= 0.3 is 0 Å². The van der Waals surface area contributed by atoms with E-state index in [1.807, 2.05) is 31.2 Å². The maximum Gasteiger partial charge on any atom is 0.263 e. The molecule has 0 aliphatic heterocycles. The summed E-state index contributed by atoms with van der Waals surface area (Å²) < 4.78 is 13.0. The summed E-state index contributed by atoms with van der Waals surface area (Å²) in [5, 5.41) is 1.56. The van der Waals surface area contributed by atoms with E-state index in [4.69, 9.17) is 14.5 Å². The van der Waals surface area contributed by atoms with E-state index in [0.717, 1.165) is 46.1 Å². The summed E-state index contributed by atoms with van der Waals surface area (Å²) >= 11 is 3.24. The fraction of sp³-hybridized carbons (Fsp3) is 0.391. The molecule has 158 valence electrons. The number of aromatic nitrogens is 2. The first-order valence-corrected chi connectivity index (χ1v) is 12.2. The van der Waals surface area contributed by atoms with Crippen molar-refractivity contribution in [1.82, 2.24) is 9.55 Å². The van der Waals surface area contributed by atoms with Gasteiger partial charge in [-0.05, 0) is 62.4 Å². The van der Waals surface area contributed by atoms with Gasteiger partial charge in [0.1, 0.15) is 16.3 Å². The average Bonchev–Trinajstić information content (AvgIpc) is 3.13. The molecular formula is C23H26N2O3S2. The highest BCUT2D eigenvalue weighted by Gasteiger charge is 2.21. The molecule has 2 heterocycles. The number of thioether (sulfide) groups is 1. The van der Waals surface area contributed by atoms with E-state index in [9.17, 15) is 4.79 Å². The number of fused-ring (bicyclic) bond motifs is 3. The molecule has 30 heavy (non-hydrogen) atoms. The topological polar surface area (TPSA) is 53.4 Å². The highest BCUT2D eigenvalue weighted by Crippen LogP contribution is 2.34. The Balaban J connectivity index is 1.48. The van der Waals surface area contributed by atoms with Gasteiger partial charge in [0.15, 0.2) is 5.16 Å². The molecule has 7 heteroatoms. The van der Waals surface area contributed by atoms with Crippen molar-refractivity contribution in [2.45, 2.75) is 44.3 Å². The van der Waals surface area contributed by atoms with Gasteiger partial charge in [0.05, 0.1) is 18.6 Å². The second kappa shape index (κ2) is 9.71.